The van der Waals surface area contributed by atoms with Gasteiger partial charge in [0.15, 0.2) is 0 Å². The van der Waals surface area contributed by atoms with Gasteiger partial charge in [0, 0.05) is 30.9 Å². The number of aryl methyl sites for hydroxylation is 1. The number of nitrogens with zero attached hydrogens (tertiary/aromatic N) is 2. The summed E-state index contributed by atoms with van der Waals surface area (Å²) in [5.41, 5.74) is 4.13. The van der Waals surface area contributed by atoms with Gasteiger partial charge in [-0.2, -0.15) is 5.10 Å². The van der Waals surface area contributed by atoms with Crippen LogP contribution in [0.15, 0.2) is 36.5 Å². The molecule has 94 valence electrons. The third-order valence-electron chi connectivity index (χ3n) is 3.77. The SMILES string of the molecule is Cn1ncc2c1CCCC2NCc1ccccc1. The normalized spacial score (nSPS) is 18.6. The summed E-state index contributed by atoms with van der Waals surface area (Å²) in [6.45, 7) is 0.930. The fourth-order valence-electron chi connectivity index (χ4n) is 2.76. The van der Waals surface area contributed by atoms with Crippen molar-refractivity contribution in [1.29, 1.82) is 0 Å². The molecule has 3 rings (SSSR count). The van der Waals surface area contributed by atoms with E-state index in [1.807, 2.05) is 17.9 Å². The van der Waals surface area contributed by atoms with Gasteiger partial charge < -0.3 is 5.32 Å². The summed E-state index contributed by atoms with van der Waals surface area (Å²) in [5, 5.41) is 8.03. The van der Waals surface area contributed by atoms with Crippen LogP contribution in [-0.4, -0.2) is 9.78 Å². The molecule has 1 aromatic carbocycles. The molecule has 1 aliphatic carbocycles. The number of nitrogens with one attached hydrogen (secondary N) is 1. The highest BCUT2D eigenvalue weighted by Gasteiger charge is 2.22. The Labute approximate surface area is 108 Å². The van der Waals surface area contributed by atoms with Crippen LogP contribution in [0.1, 0.15) is 35.7 Å². The lowest BCUT2D eigenvalue weighted by Gasteiger charge is -2.24. The standard InChI is InChI=1S/C15H19N3/c1-18-15-9-5-8-14(13(15)11-17-18)16-10-12-6-3-2-4-7-12/h2-4,6-7,11,14,16H,5,8-10H2,1H3. The minimum Gasteiger partial charge on any atom is -0.306 e. The Kier molecular flexibility index (Phi) is 3.15. The van der Waals surface area contributed by atoms with Crippen molar-refractivity contribution in [2.75, 3.05) is 0 Å². The molecule has 2 aromatic rings. The molecule has 0 bridgehead atoms. The minimum atomic E-state index is 0.461. The van der Waals surface area contributed by atoms with Crippen LogP contribution in [-0.2, 0) is 20.0 Å². The molecule has 0 radical (unpaired) electrons. The number of hydrogen-bond acceptors (Lipinski definition) is 2. The van der Waals surface area contributed by atoms with E-state index in [9.17, 15) is 0 Å². The van der Waals surface area contributed by atoms with Crippen LogP contribution in [0.4, 0.5) is 0 Å². The first-order valence-electron chi connectivity index (χ1n) is 6.62. The van der Waals surface area contributed by atoms with Crippen LogP contribution in [0.5, 0.6) is 0 Å². The topological polar surface area (TPSA) is 29.9 Å². The van der Waals surface area contributed by atoms with Crippen molar-refractivity contribution in [3.8, 4) is 0 Å². The van der Waals surface area contributed by atoms with Gasteiger partial charge in [0.05, 0.1) is 6.20 Å². The van der Waals surface area contributed by atoms with Crippen molar-refractivity contribution >= 4 is 0 Å². The van der Waals surface area contributed by atoms with Crippen LogP contribution >= 0.6 is 0 Å². The molecule has 0 aliphatic heterocycles. The van der Waals surface area contributed by atoms with Gasteiger partial charge in [-0.3, -0.25) is 4.68 Å². The van der Waals surface area contributed by atoms with Crippen LogP contribution in [0.2, 0.25) is 0 Å². The zero-order valence-electron chi connectivity index (χ0n) is 10.8. The zero-order valence-corrected chi connectivity index (χ0v) is 10.8. The second kappa shape index (κ2) is 4.94. The predicted molar refractivity (Wildman–Crippen MR) is 72.2 cm³/mol. The highest BCUT2D eigenvalue weighted by molar-refractivity contribution is 5.25. The van der Waals surface area contributed by atoms with E-state index in [-0.39, 0.29) is 0 Å². The molecule has 0 saturated heterocycles. The van der Waals surface area contributed by atoms with Crippen molar-refractivity contribution in [3.05, 3.63) is 53.3 Å². The second-order valence-electron chi connectivity index (χ2n) is 4.98. The molecule has 1 heterocycles. The number of aromatic nitrogens is 2. The van der Waals surface area contributed by atoms with E-state index >= 15 is 0 Å². The summed E-state index contributed by atoms with van der Waals surface area (Å²) >= 11 is 0. The average molecular weight is 241 g/mol. The van der Waals surface area contributed by atoms with Crippen LogP contribution in [0.25, 0.3) is 0 Å². The molecule has 0 saturated carbocycles. The summed E-state index contributed by atoms with van der Waals surface area (Å²) in [4.78, 5) is 0. The monoisotopic (exact) mass is 241 g/mol. The Balaban J connectivity index is 1.71. The summed E-state index contributed by atoms with van der Waals surface area (Å²) in [6.07, 6.45) is 5.65. The lowest BCUT2D eigenvalue weighted by Crippen LogP contribution is -2.24. The first-order chi connectivity index (χ1) is 8.84. The third-order valence-corrected chi connectivity index (χ3v) is 3.77. The summed E-state index contributed by atoms with van der Waals surface area (Å²) in [5.74, 6) is 0. The quantitative estimate of drug-likeness (QED) is 0.895. The molecule has 0 amide bonds. The Morgan fingerprint density at radius 2 is 2.17 bits per heavy atom. The molecule has 18 heavy (non-hydrogen) atoms. The molecule has 3 heteroatoms. The molecule has 1 aliphatic rings. The lowest BCUT2D eigenvalue weighted by molar-refractivity contribution is 0.452. The first-order valence-corrected chi connectivity index (χ1v) is 6.62. The minimum absolute atomic E-state index is 0.461. The fourth-order valence-corrected chi connectivity index (χ4v) is 2.76. The molecular formula is C15H19N3. The maximum atomic E-state index is 4.38. The van der Waals surface area contributed by atoms with Gasteiger partial charge in [0.2, 0.25) is 0 Å². The number of fused-ring (bicyclic) bond motifs is 1. The van der Waals surface area contributed by atoms with E-state index in [1.165, 1.54) is 29.7 Å². The van der Waals surface area contributed by atoms with Gasteiger partial charge in [-0.25, -0.2) is 0 Å². The molecule has 1 unspecified atom stereocenters. The predicted octanol–water partition coefficient (Wildman–Crippen LogP) is 2.59. The van der Waals surface area contributed by atoms with Crippen LogP contribution in [0, 0.1) is 0 Å². The number of benzene rings is 1. The smallest absolute Gasteiger partial charge is 0.0540 e. The Bertz CT molecular complexity index is 516. The van der Waals surface area contributed by atoms with Crippen molar-refractivity contribution in [3.63, 3.8) is 0 Å². The molecular weight excluding hydrogens is 222 g/mol. The van der Waals surface area contributed by atoms with Gasteiger partial charge in [0.1, 0.15) is 0 Å². The first kappa shape index (κ1) is 11.5. The Hall–Kier alpha value is -1.61. The average Bonchev–Trinajstić information content (AvgIpc) is 2.80. The summed E-state index contributed by atoms with van der Waals surface area (Å²) in [7, 11) is 2.04. The second-order valence-corrected chi connectivity index (χ2v) is 4.98. The fraction of sp³-hybridized carbons (Fsp3) is 0.400. The van der Waals surface area contributed by atoms with E-state index in [0.29, 0.717) is 6.04 Å². The van der Waals surface area contributed by atoms with Crippen molar-refractivity contribution in [2.24, 2.45) is 7.05 Å². The van der Waals surface area contributed by atoms with Crippen LogP contribution < -0.4 is 5.32 Å². The Morgan fingerprint density at radius 3 is 3.00 bits per heavy atom. The van der Waals surface area contributed by atoms with Gasteiger partial charge in [-0.05, 0) is 24.8 Å². The molecule has 1 atom stereocenters. The van der Waals surface area contributed by atoms with E-state index < -0.39 is 0 Å². The number of rotatable bonds is 3. The van der Waals surface area contributed by atoms with Crippen LogP contribution in [0.3, 0.4) is 0 Å². The highest BCUT2D eigenvalue weighted by Crippen LogP contribution is 2.29. The van der Waals surface area contributed by atoms with E-state index in [0.717, 1.165) is 13.0 Å². The molecule has 1 N–H and O–H groups in total. The number of hydrogen-bond donors (Lipinski definition) is 1. The molecule has 0 spiro atoms. The highest BCUT2D eigenvalue weighted by atomic mass is 15.3. The van der Waals surface area contributed by atoms with E-state index in [1.54, 1.807) is 0 Å². The largest absolute Gasteiger partial charge is 0.306 e. The third kappa shape index (κ3) is 2.18. The summed E-state index contributed by atoms with van der Waals surface area (Å²) in [6, 6.07) is 11.0. The van der Waals surface area contributed by atoms with Crippen molar-refractivity contribution < 1.29 is 0 Å². The van der Waals surface area contributed by atoms with Crippen molar-refractivity contribution in [2.45, 2.75) is 31.8 Å². The van der Waals surface area contributed by atoms with Gasteiger partial charge in [0.25, 0.3) is 0 Å². The molecule has 3 nitrogen and oxygen atoms in total. The van der Waals surface area contributed by atoms with E-state index in [4.69, 9.17) is 0 Å². The van der Waals surface area contributed by atoms with E-state index in [2.05, 4.69) is 40.7 Å². The molecule has 1 aromatic heterocycles. The van der Waals surface area contributed by atoms with Gasteiger partial charge >= 0.3 is 0 Å². The zero-order chi connectivity index (χ0) is 12.4. The van der Waals surface area contributed by atoms with Gasteiger partial charge in [-0.15, -0.1) is 0 Å². The lowest BCUT2D eigenvalue weighted by atomic mass is 9.93. The van der Waals surface area contributed by atoms with Crippen molar-refractivity contribution in [1.82, 2.24) is 15.1 Å². The summed E-state index contributed by atoms with van der Waals surface area (Å²) < 4.78 is 2.02. The molecule has 0 fully saturated rings. The maximum absolute atomic E-state index is 4.38. The van der Waals surface area contributed by atoms with Gasteiger partial charge in [-0.1, -0.05) is 30.3 Å². The Morgan fingerprint density at radius 1 is 1.33 bits per heavy atom. The maximum Gasteiger partial charge on any atom is 0.0540 e.